The molecule has 0 radical (unpaired) electrons. The molecule has 0 spiro atoms. The summed E-state index contributed by atoms with van der Waals surface area (Å²) in [4.78, 5) is 27.6. The number of benzene rings is 2. The molecule has 0 saturated heterocycles. The molecule has 1 N–H and O–H groups in total. The number of ether oxygens (including phenoxy) is 1. The number of methoxy groups -OCH3 is 1. The molecule has 2 heterocycles. The van der Waals surface area contributed by atoms with Crippen LogP contribution in [0.2, 0.25) is 0 Å². The summed E-state index contributed by atoms with van der Waals surface area (Å²) in [6, 6.07) is 17.1. The third-order valence-electron chi connectivity index (χ3n) is 4.44. The first kappa shape index (κ1) is 18.2. The van der Waals surface area contributed by atoms with E-state index in [9.17, 15) is 14.9 Å². The molecular weight excluding hydrogens is 372 g/mol. The van der Waals surface area contributed by atoms with E-state index in [-0.39, 0.29) is 17.3 Å². The van der Waals surface area contributed by atoms with Crippen LogP contribution >= 0.6 is 0 Å². The maximum Gasteiger partial charge on any atom is 0.273 e. The highest BCUT2D eigenvalue weighted by atomic mass is 16.6. The highest BCUT2D eigenvalue weighted by Crippen LogP contribution is 2.29. The van der Waals surface area contributed by atoms with E-state index in [1.165, 1.54) is 25.3 Å². The van der Waals surface area contributed by atoms with Gasteiger partial charge in [0.1, 0.15) is 11.4 Å². The van der Waals surface area contributed by atoms with Gasteiger partial charge in [0, 0.05) is 29.6 Å². The number of fused-ring (bicyclic) bond motifs is 1. The number of nitro benzene ring substituents is 1. The highest BCUT2D eigenvalue weighted by molar-refractivity contribution is 6.05. The molecule has 2 aromatic carbocycles. The van der Waals surface area contributed by atoms with Gasteiger partial charge in [-0.3, -0.25) is 14.9 Å². The van der Waals surface area contributed by atoms with Crippen molar-refractivity contribution in [3.05, 3.63) is 88.7 Å². The summed E-state index contributed by atoms with van der Waals surface area (Å²) in [6.07, 6.45) is 3.66. The summed E-state index contributed by atoms with van der Waals surface area (Å²) in [5.74, 6) is -0.162. The first-order chi connectivity index (χ1) is 14.0. The van der Waals surface area contributed by atoms with E-state index >= 15 is 0 Å². The van der Waals surface area contributed by atoms with Gasteiger partial charge in [0.05, 0.1) is 29.5 Å². The topological polar surface area (TPSA) is 98.8 Å². The molecular formula is C21H16N4O4. The minimum Gasteiger partial charge on any atom is -0.494 e. The Hall–Kier alpha value is -4.20. The number of nitro groups is 1. The molecule has 0 aliphatic rings. The van der Waals surface area contributed by atoms with Crippen LogP contribution in [0.3, 0.4) is 0 Å². The maximum absolute atomic E-state index is 12.7. The van der Waals surface area contributed by atoms with Crippen molar-refractivity contribution in [3.8, 4) is 17.0 Å². The number of nitrogens with one attached hydrogen (secondary N) is 1. The predicted molar refractivity (Wildman–Crippen MR) is 108 cm³/mol. The van der Waals surface area contributed by atoms with Crippen molar-refractivity contribution in [2.45, 2.75) is 0 Å². The molecule has 0 bridgehead atoms. The zero-order valence-corrected chi connectivity index (χ0v) is 15.4. The average Bonchev–Trinajstić information content (AvgIpc) is 3.18. The van der Waals surface area contributed by atoms with Crippen molar-refractivity contribution in [2.75, 3.05) is 12.4 Å². The quantitative estimate of drug-likeness (QED) is 0.409. The first-order valence-electron chi connectivity index (χ1n) is 8.73. The lowest BCUT2D eigenvalue weighted by atomic mass is 10.2. The molecule has 8 nitrogen and oxygen atoms in total. The van der Waals surface area contributed by atoms with E-state index in [0.29, 0.717) is 16.9 Å². The first-order valence-corrected chi connectivity index (χ1v) is 8.73. The molecule has 2 aromatic heterocycles. The van der Waals surface area contributed by atoms with Crippen LogP contribution in [0.4, 0.5) is 11.4 Å². The smallest absolute Gasteiger partial charge is 0.273 e. The Morgan fingerprint density at radius 3 is 2.66 bits per heavy atom. The lowest BCUT2D eigenvalue weighted by molar-refractivity contribution is -0.384. The molecule has 29 heavy (non-hydrogen) atoms. The second-order valence-electron chi connectivity index (χ2n) is 6.27. The van der Waals surface area contributed by atoms with Crippen LogP contribution in [0.15, 0.2) is 73.1 Å². The summed E-state index contributed by atoms with van der Waals surface area (Å²) in [5.41, 5.74) is 3.05. The number of imidazole rings is 1. The van der Waals surface area contributed by atoms with Crippen molar-refractivity contribution in [2.24, 2.45) is 0 Å². The maximum atomic E-state index is 12.7. The van der Waals surface area contributed by atoms with Gasteiger partial charge in [-0.2, -0.15) is 0 Å². The van der Waals surface area contributed by atoms with Crippen LogP contribution in [-0.2, 0) is 0 Å². The highest BCUT2D eigenvalue weighted by Gasteiger charge is 2.15. The number of nitrogens with zero attached hydrogens (tertiary/aromatic N) is 3. The van der Waals surface area contributed by atoms with Crippen LogP contribution in [0.1, 0.15) is 10.4 Å². The van der Waals surface area contributed by atoms with Crippen LogP contribution in [0.5, 0.6) is 5.75 Å². The summed E-state index contributed by atoms with van der Waals surface area (Å²) < 4.78 is 7.00. The van der Waals surface area contributed by atoms with Gasteiger partial charge in [-0.25, -0.2) is 4.98 Å². The summed E-state index contributed by atoms with van der Waals surface area (Å²) in [5, 5.41) is 13.6. The van der Waals surface area contributed by atoms with Gasteiger partial charge in [0.15, 0.2) is 0 Å². The fourth-order valence-electron chi connectivity index (χ4n) is 2.96. The monoisotopic (exact) mass is 388 g/mol. The third-order valence-corrected chi connectivity index (χ3v) is 4.44. The molecule has 144 valence electrons. The second kappa shape index (κ2) is 7.43. The predicted octanol–water partition coefficient (Wildman–Crippen LogP) is 4.17. The standard InChI is InChI=1S/C21H16N4O4/c1-29-19-12-16(25(27)28)7-8-17(19)23-21(26)15-9-10-24-13-18(22-20(24)11-15)14-5-3-2-4-6-14/h2-13H,1H3,(H,23,26). The van der Waals surface area contributed by atoms with Crippen molar-refractivity contribution >= 4 is 22.9 Å². The van der Waals surface area contributed by atoms with Gasteiger partial charge in [0.25, 0.3) is 11.6 Å². The number of aromatic nitrogens is 2. The Balaban J connectivity index is 1.61. The number of hydrogen-bond donors (Lipinski definition) is 1. The molecule has 0 saturated carbocycles. The largest absolute Gasteiger partial charge is 0.494 e. The fraction of sp³-hybridized carbons (Fsp3) is 0.0476. The summed E-state index contributed by atoms with van der Waals surface area (Å²) in [6.45, 7) is 0. The fourth-order valence-corrected chi connectivity index (χ4v) is 2.96. The molecule has 0 unspecified atom stereocenters. The Labute approximate surface area is 165 Å². The van der Waals surface area contributed by atoms with Crippen molar-refractivity contribution < 1.29 is 14.5 Å². The Morgan fingerprint density at radius 2 is 1.93 bits per heavy atom. The molecule has 4 rings (SSSR count). The van der Waals surface area contributed by atoms with Crippen molar-refractivity contribution in [1.82, 2.24) is 9.38 Å². The van der Waals surface area contributed by atoms with Gasteiger partial charge in [0.2, 0.25) is 0 Å². The number of anilines is 1. The van der Waals surface area contributed by atoms with Gasteiger partial charge in [-0.05, 0) is 18.2 Å². The third kappa shape index (κ3) is 3.63. The summed E-state index contributed by atoms with van der Waals surface area (Å²) in [7, 11) is 1.39. The van der Waals surface area contributed by atoms with Crippen molar-refractivity contribution in [1.29, 1.82) is 0 Å². The van der Waals surface area contributed by atoms with Crippen LogP contribution in [0, 0.1) is 10.1 Å². The zero-order chi connectivity index (χ0) is 20.4. The van der Waals surface area contributed by atoms with E-state index in [0.717, 1.165) is 11.3 Å². The van der Waals surface area contributed by atoms with Crippen LogP contribution < -0.4 is 10.1 Å². The molecule has 0 aliphatic carbocycles. The van der Waals surface area contributed by atoms with E-state index in [1.807, 2.05) is 40.9 Å². The minimum atomic E-state index is -0.523. The Bertz CT molecular complexity index is 1220. The lowest BCUT2D eigenvalue weighted by Gasteiger charge is -2.10. The van der Waals surface area contributed by atoms with E-state index in [4.69, 9.17) is 4.74 Å². The number of rotatable bonds is 5. The Kier molecular flexibility index (Phi) is 4.66. The molecule has 8 heteroatoms. The van der Waals surface area contributed by atoms with Gasteiger partial charge in [-0.1, -0.05) is 30.3 Å². The molecule has 0 fully saturated rings. The normalized spacial score (nSPS) is 10.7. The lowest BCUT2D eigenvalue weighted by Crippen LogP contribution is -2.13. The van der Waals surface area contributed by atoms with Crippen molar-refractivity contribution in [3.63, 3.8) is 0 Å². The molecule has 4 aromatic rings. The van der Waals surface area contributed by atoms with Crippen LogP contribution in [0.25, 0.3) is 16.9 Å². The molecule has 0 atom stereocenters. The average molecular weight is 388 g/mol. The van der Waals surface area contributed by atoms with Gasteiger partial charge < -0.3 is 14.5 Å². The zero-order valence-electron chi connectivity index (χ0n) is 15.4. The number of carbonyl (C=O) groups is 1. The summed E-state index contributed by atoms with van der Waals surface area (Å²) >= 11 is 0. The number of amides is 1. The van der Waals surface area contributed by atoms with E-state index in [1.54, 1.807) is 18.3 Å². The number of hydrogen-bond acceptors (Lipinski definition) is 5. The minimum absolute atomic E-state index is 0.118. The van der Waals surface area contributed by atoms with E-state index < -0.39 is 4.92 Å². The van der Waals surface area contributed by atoms with Gasteiger partial charge in [-0.15, -0.1) is 0 Å². The molecule has 0 aliphatic heterocycles. The second-order valence-corrected chi connectivity index (χ2v) is 6.27. The van der Waals surface area contributed by atoms with E-state index in [2.05, 4.69) is 10.3 Å². The SMILES string of the molecule is COc1cc([N+](=O)[O-])ccc1NC(=O)c1ccn2cc(-c3ccccc3)nc2c1. The van der Waals surface area contributed by atoms with Gasteiger partial charge >= 0.3 is 0 Å². The van der Waals surface area contributed by atoms with Crippen LogP contribution in [-0.4, -0.2) is 27.3 Å². The number of carbonyl (C=O) groups excluding carboxylic acids is 1. The number of pyridine rings is 1. The number of non-ortho nitro benzene ring substituents is 1. The molecule has 1 amide bonds. The Morgan fingerprint density at radius 1 is 1.14 bits per heavy atom.